The molecule has 0 aromatic heterocycles. The zero-order valence-electron chi connectivity index (χ0n) is 25.5. The highest BCUT2D eigenvalue weighted by molar-refractivity contribution is 5.66. The van der Waals surface area contributed by atoms with E-state index in [0.29, 0.717) is 99.0 Å². The Morgan fingerprint density at radius 1 is 0.450 bits per heavy atom. The van der Waals surface area contributed by atoms with E-state index < -0.39 is 5.97 Å². The summed E-state index contributed by atoms with van der Waals surface area (Å²) in [4.78, 5) is 10.4. The highest BCUT2D eigenvalue weighted by Gasteiger charge is 1.97. The minimum atomic E-state index is -0.803. The average Bonchev–Trinajstić information content (AvgIpc) is 2.95. The van der Waals surface area contributed by atoms with E-state index in [1.54, 1.807) is 0 Å². The Bertz CT molecular complexity index is 486. The molecule has 0 aromatic carbocycles. The Hall–Kier alpha value is -0.850. The second kappa shape index (κ2) is 36.2. The van der Waals surface area contributed by atoms with Crippen molar-refractivity contribution >= 4 is 5.97 Å². The van der Waals surface area contributed by atoms with E-state index in [4.69, 9.17) is 38.3 Å². The number of aliphatic carboxylic acids is 1. The molecule has 0 fully saturated rings. The Balaban J connectivity index is 3.03. The Morgan fingerprint density at radius 2 is 0.775 bits per heavy atom. The maximum Gasteiger partial charge on any atom is 0.304 e. The zero-order valence-corrected chi connectivity index (χ0v) is 25.5. The highest BCUT2D eigenvalue weighted by Crippen LogP contribution is 2.11. The van der Waals surface area contributed by atoms with E-state index in [1.807, 2.05) is 0 Å². The lowest BCUT2D eigenvalue weighted by atomic mass is 10.1. The molecule has 0 aromatic rings. The summed E-state index contributed by atoms with van der Waals surface area (Å²) < 4.78 is 38.4. The topological polar surface area (TPSA) is 114 Å². The Morgan fingerprint density at radius 3 is 1.15 bits per heavy atom. The molecular weight excluding hydrogens is 518 g/mol. The molecule has 0 saturated carbocycles. The zero-order chi connectivity index (χ0) is 29.0. The van der Waals surface area contributed by atoms with E-state index in [2.05, 4.69) is 12.2 Å². The molecule has 240 valence electrons. The van der Waals surface area contributed by atoms with Crippen molar-refractivity contribution < 1.29 is 43.1 Å². The SMILES string of the molecule is CCCCCCCCCCCCCOCCOCCOCCOCCOCCOCCOCCNCCC(=O)O. The van der Waals surface area contributed by atoms with Gasteiger partial charge in [0, 0.05) is 19.7 Å². The second-order valence-corrected chi connectivity index (χ2v) is 9.72. The number of rotatable bonds is 36. The number of ether oxygens (including phenoxy) is 7. The first-order valence-electron chi connectivity index (χ1n) is 15.7. The molecule has 10 heteroatoms. The Kier molecular flexibility index (Phi) is 35.4. The van der Waals surface area contributed by atoms with Crippen LogP contribution in [0.2, 0.25) is 0 Å². The largest absolute Gasteiger partial charge is 0.481 e. The predicted molar refractivity (Wildman–Crippen MR) is 157 cm³/mol. The second-order valence-electron chi connectivity index (χ2n) is 9.72. The molecule has 0 atom stereocenters. The summed E-state index contributed by atoms with van der Waals surface area (Å²) in [5.41, 5.74) is 0. The molecule has 0 saturated heterocycles. The van der Waals surface area contributed by atoms with Crippen molar-refractivity contribution in [1.29, 1.82) is 0 Å². The molecule has 0 amide bonds. The van der Waals surface area contributed by atoms with Crippen LogP contribution in [0.4, 0.5) is 0 Å². The van der Waals surface area contributed by atoms with Crippen LogP contribution in [0, 0.1) is 0 Å². The standard InChI is InChI=1S/C30H61NO9/c1-2-3-4-5-6-7-8-9-10-11-12-16-34-18-20-36-22-24-38-26-28-40-29-27-39-25-23-37-21-19-35-17-15-31-14-13-30(32)33/h31H,2-29H2,1H3,(H,32,33). The average molecular weight is 580 g/mol. The van der Waals surface area contributed by atoms with Gasteiger partial charge in [-0.2, -0.15) is 0 Å². The predicted octanol–water partition coefficient (Wildman–Crippen LogP) is 4.48. The van der Waals surface area contributed by atoms with Crippen LogP contribution in [0.5, 0.6) is 0 Å². The van der Waals surface area contributed by atoms with Crippen LogP contribution in [0.3, 0.4) is 0 Å². The lowest BCUT2D eigenvalue weighted by Crippen LogP contribution is -2.23. The van der Waals surface area contributed by atoms with Crippen molar-refractivity contribution in [1.82, 2.24) is 5.32 Å². The molecule has 0 aliphatic rings. The van der Waals surface area contributed by atoms with Crippen molar-refractivity contribution in [2.75, 3.05) is 106 Å². The van der Waals surface area contributed by atoms with Crippen molar-refractivity contribution in [3.8, 4) is 0 Å². The van der Waals surface area contributed by atoms with Gasteiger partial charge in [-0.05, 0) is 6.42 Å². The van der Waals surface area contributed by atoms with Crippen LogP contribution in [0.25, 0.3) is 0 Å². The Labute approximate surface area is 244 Å². The number of hydrogen-bond donors (Lipinski definition) is 2. The van der Waals surface area contributed by atoms with Gasteiger partial charge in [0.15, 0.2) is 0 Å². The van der Waals surface area contributed by atoms with Gasteiger partial charge >= 0.3 is 5.97 Å². The van der Waals surface area contributed by atoms with E-state index in [1.165, 1.54) is 64.2 Å². The normalized spacial score (nSPS) is 11.4. The fourth-order valence-corrected chi connectivity index (χ4v) is 3.75. The molecule has 0 spiro atoms. The number of carboxylic acids is 1. The quantitative estimate of drug-likeness (QED) is 0.103. The smallest absolute Gasteiger partial charge is 0.304 e. The fourth-order valence-electron chi connectivity index (χ4n) is 3.75. The van der Waals surface area contributed by atoms with Crippen LogP contribution in [-0.2, 0) is 38.0 Å². The minimum Gasteiger partial charge on any atom is -0.481 e. The molecular formula is C30H61NO9. The molecule has 10 nitrogen and oxygen atoms in total. The summed E-state index contributed by atoms with van der Waals surface area (Å²) in [5, 5.41) is 11.5. The van der Waals surface area contributed by atoms with E-state index >= 15 is 0 Å². The minimum absolute atomic E-state index is 0.119. The molecule has 40 heavy (non-hydrogen) atoms. The third-order valence-electron chi connectivity index (χ3n) is 6.06. The van der Waals surface area contributed by atoms with Crippen LogP contribution in [0.1, 0.15) is 84.0 Å². The van der Waals surface area contributed by atoms with Crippen molar-refractivity contribution in [2.45, 2.75) is 84.0 Å². The third-order valence-corrected chi connectivity index (χ3v) is 6.06. The summed E-state index contributed by atoms with van der Waals surface area (Å²) in [5.74, 6) is -0.803. The van der Waals surface area contributed by atoms with Crippen molar-refractivity contribution in [2.24, 2.45) is 0 Å². The number of carboxylic acid groups (broad SMARTS) is 1. The van der Waals surface area contributed by atoms with Gasteiger partial charge in [0.05, 0.1) is 92.3 Å². The molecule has 0 heterocycles. The summed E-state index contributed by atoms with van der Waals surface area (Å²) >= 11 is 0. The third kappa shape index (κ3) is 37.1. The van der Waals surface area contributed by atoms with Gasteiger partial charge < -0.3 is 43.6 Å². The van der Waals surface area contributed by atoms with Crippen LogP contribution in [0.15, 0.2) is 0 Å². The molecule has 2 N–H and O–H groups in total. The highest BCUT2D eigenvalue weighted by atomic mass is 16.6. The summed E-state index contributed by atoms with van der Waals surface area (Å²) in [6, 6.07) is 0. The number of unbranched alkanes of at least 4 members (excludes halogenated alkanes) is 10. The van der Waals surface area contributed by atoms with E-state index in [-0.39, 0.29) is 6.42 Å². The summed E-state index contributed by atoms with van der Waals surface area (Å²) in [6.45, 7) is 11.2. The van der Waals surface area contributed by atoms with Gasteiger partial charge in [-0.1, -0.05) is 71.1 Å². The maximum atomic E-state index is 10.4. The van der Waals surface area contributed by atoms with Gasteiger partial charge in [0.1, 0.15) is 0 Å². The lowest BCUT2D eigenvalue weighted by molar-refractivity contribution is -0.136. The van der Waals surface area contributed by atoms with Crippen LogP contribution < -0.4 is 5.32 Å². The molecule has 0 unspecified atom stereocenters. The van der Waals surface area contributed by atoms with Gasteiger partial charge in [-0.15, -0.1) is 0 Å². The number of nitrogens with one attached hydrogen (secondary N) is 1. The van der Waals surface area contributed by atoms with Crippen LogP contribution >= 0.6 is 0 Å². The summed E-state index contributed by atoms with van der Waals surface area (Å²) in [6.07, 6.45) is 15.0. The van der Waals surface area contributed by atoms with Crippen molar-refractivity contribution in [3.05, 3.63) is 0 Å². The van der Waals surface area contributed by atoms with Crippen molar-refractivity contribution in [3.63, 3.8) is 0 Å². The monoisotopic (exact) mass is 579 g/mol. The van der Waals surface area contributed by atoms with Gasteiger partial charge in [0.25, 0.3) is 0 Å². The molecule has 0 radical (unpaired) electrons. The first kappa shape index (κ1) is 39.1. The molecule has 0 rings (SSSR count). The number of carbonyl (C=O) groups is 1. The molecule has 0 aliphatic heterocycles. The maximum absolute atomic E-state index is 10.4. The van der Waals surface area contributed by atoms with Gasteiger partial charge in [-0.25, -0.2) is 0 Å². The first-order valence-corrected chi connectivity index (χ1v) is 15.7. The van der Waals surface area contributed by atoms with Gasteiger partial charge in [0.2, 0.25) is 0 Å². The fraction of sp³-hybridized carbons (Fsp3) is 0.967. The van der Waals surface area contributed by atoms with Crippen LogP contribution in [-0.4, -0.2) is 117 Å². The van der Waals surface area contributed by atoms with Gasteiger partial charge in [-0.3, -0.25) is 4.79 Å². The number of hydrogen-bond acceptors (Lipinski definition) is 9. The molecule has 0 aliphatic carbocycles. The van der Waals surface area contributed by atoms with E-state index in [0.717, 1.165) is 13.0 Å². The van der Waals surface area contributed by atoms with E-state index in [9.17, 15) is 4.79 Å². The first-order chi connectivity index (χ1) is 19.8. The molecule has 0 bridgehead atoms. The summed E-state index contributed by atoms with van der Waals surface area (Å²) in [7, 11) is 0. The lowest BCUT2D eigenvalue weighted by Gasteiger charge is -2.08.